The molecular weight excluding hydrogens is 655 g/mol. The average molecular weight is 710 g/mol. The summed E-state index contributed by atoms with van der Waals surface area (Å²) >= 11 is 0. The monoisotopic (exact) mass is 709 g/mol. The van der Waals surface area contributed by atoms with Crippen molar-refractivity contribution in [2.24, 2.45) is 35.5 Å². The number of anilines is 3. The molecule has 0 amide bonds. The zero-order valence-corrected chi connectivity index (χ0v) is 31.7. The van der Waals surface area contributed by atoms with Gasteiger partial charge in [-0.25, -0.2) is 0 Å². The van der Waals surface area contributed by atoms with Crippen LogP contribution >= 0.6 is 0 Å². The average Bonchev–Trinajstić information content (AvgIpc) is 3.08. The van der Waals surface area contributed by atoms with E-state index < -0.39 is 0 Å². The molecule has 0 saturated heterocycles. The quantitative estimate of drug-likeness (QED) is 0.157. The number of hydrogen-bond donors (Lipinski definition) is 3. The molecule has 0 unspecified atom stereocenters. The van der Waals surface area contributed by atoms with Gasteiger partial charge in [-0.1, -0.05) is 18.2 Å². The van der Waals surface area contributed by atoms with Gasteiger partial charge in [-0.3, -0.25) is 0 Å². The van der Waals surface area contributed by atoms with Crippen LogP contribution in [-0.4, -0.2) is 0 Å². The number of aryl methyl sites for hydroxylation is 3. The summed E-state index contributed by atoms with van der Waals surface area (Å²) in [6.07, 6.45) is 15.2. The van der Waals surface area contributed by atoms with E-state index in [9.17, 15) is 0 Å². The lowest BCUT2D eigenvalue weighted by atomic mass is 9.46. The zero-order valence-electron chi connectivity index (χ0n) is 31.7. The highest BCUT2D eigenvalue weighted by atomic mass is 16.5. The first-order valence-electron chi connectivity index (χ1n) is 20.4. The van der Waals surface area contributed by atoms with E-state index in [-0.39, 0.29) is 10.8 Å². The van der Waals surface area contributed by atoms with Crippen molar-refractivity contribution in [3.8, 4) is 34.5 Å². The highest BCUT2D eigenvalue weighted by Crippen LogP contribution is 2.69. The summed E-state index contributed by atoms with van der Waals surface area (Å²) in [5, 5.41) is 0. The summed E-state index contributed by atoms with van der Waals surface area (Å²) in [6.45, 7) is 6.33. The molecule has 12 rings (SSSR count). The van der Waals surface area contributed by atoms with Crippen LogP contribution in [0.5, 0.6) is 34.5 Å². The Morgan fingerprint density at radius 1 is 0.415 bits per heavy atom. The van der Waals surface area contributed by atoms with Gasteiger partial charge in [0.05, 0.1) is 0 Å². The molecule has 6 nitrogen and oxygen atoms in total. The van der Waals surface area contributed by atoms with E-state index in [0.29, 0.717) is 17.1 Å². The molecule has 8 saturated carbocycles. The minimum absolute atomic E-state index is 0.0510. The molecule has 0 radical (unpaired) electrons. The maximum atomic E-state index is 7.61. The molecule has 8 fully saturated rings. The first-order valence-corrected chi connectivity index (χ1v) is 20.4. The molecule has 53 heavy (non-hydrogen) atoms. The van der Waals surface area contributed by atoms with Crippen molar-refractivity contribution in [2.45, 2.75) is 109 Å². The summed E-state index contributed by atoms with van der Waals surface area (Å²) in [5.74, 6) is 9.41. The molecule has 8 aliphatic rings. The van der Waals surface area contributed by atoms with E-state index in [1.165, 1.54) is 88.2 Å². The van der Waals surface area contributed by atoms with Crippen LogP contribution in [0, 0.1) is 56.3 Å². The molecule has 4 aromatic carbocycles. The minimum atomic E-state index is -0.0510. The lowest BCUT2D eigenvalue weighted by molar-refractivity contribution is -0.0110. The topological polar surface area (TPSA) is 106 Å². The Morgan fingerprint density at radius 3 is 1.04 bits per heavy atom. The molecule has 0 aliphatic heterocycles. The van der Waals surface area contributed by atoms with Gasteiger partial charge in [-0.15, -0.1) is 0 Å². The molecule has 0 atom stereocenters. The van der Waals surface area contributed by atoms with Crippen molar-refractivity contribution in [3.05, 3.63) is 88.5 Å². The van der Waals surface area contributed by atoms with Gasteiger partial charge in [0.15, 0.2) is 0 Å². The van der Waals surface area contributed by atoms with Crippen LogP contribution in [0.3, 0.4) is 0 Å². The molecular formula is C47H55N3O3. The van der Waals surface area contributed by atoms with Gasteiger partial charge < -0.3 is 31.4 Å². The Hall–Kier alpha value is -4.32. The van der Waals surface area contributed by atoms with E-state index in [1.54, 1.807) is 0 Å². The summed E-state index contributed by atoms with van der Waals surface area (Å²) in [4.78, 5) is 0. The Labute approximate surface area is 314 Å². The van der Waals surface area contributed by atoms with E-state index in [2.05, 4.69) is 45.0 Å². The SMILES string of the molecule is Cc1ccc(N)cc1Oc1cc(Oc2cc(N)ccc2C)c(C23CC4CC(CC(C4)C2)C3)c(Oc2cc(N)ccc2C)c1C12CC3CC(CC(C3)C1)C2. The van der Waals surface area contributed by atoms with Crippen LogP contribution in [0.4, 0.5) is 17.1 Å². The van der Waals surface area contributed by atoms with Crippen molar-refractivity contribution in [1.29, 1.82) is 0 Å². The van der Waals surface area contributed by atoms with Crippen molar-refractivity contribution in [1.82, 2.24) is 0 Å². The normalized spacial score (nSPS) is 31.9. The first-order chi connectivity index (χ1) is 25.5. The van der Waals surface area contributed by atoms with E-state index in [1.807, 2.05) is 36.4 Å². The van der Waals surface area contributed by atoms with Gasteiger partial charge in [0.2, 0.25) is 0 Å². The Balaban J connectivity index is 1.29. The highest BCUT2D eigenvalue weighted by molar-refractivity contribution is 5.67. The summed E-state index contributed by atoms with van der Waals surface area (Å²) in [6, 6.07) is 20.3. The summed E-state index contributed by atoms with van der Waals surface area (Å²) in [7, 11) is 0. The molecule has 0 aromatic heterocycles. The standard InChI is InChI=1S/C47H55N3O3/c1-26-4-7-35(48)16-38(26)51-41-19-42(52-39-17-36(49)8-5-27(39)2)44(47-23-32-13-33(24-47)15-34(14-32)25-47)45(53-40-18-37(50)9-6-28(40)3)43(41)46-20-29-10-30(21-46)12-31(11-29)22-46/h4-9,16-19,29-34H,10-15,20-25,48-50H2,1-3H3. The maximum absolute atomic E-state index is 7.61. The summed E-state index contributed by atoms with van der Waals surface area (Å²) < 4.78 is 22.1. The van der Waals surface area contributed by atoms with E-state index >= 15 is 0 Å². The predicted molar refractivity (Wildman–Crippen MR) is 213 cm³/mol. The zero-order chi connectivity index (χ0) is 36.2. The molecule has 0 heterocycles. The van der Waals surface area contributed by atoms with Crippen LogP contribution in [0.2, 0.25) is 0 Å². The third-order valence-electron chi connectivity index (χ3n) is 14.6. The maximum Gasteiger partial charge on any atom is 0.142 e. The van der Waals surface area contributed by atoms with Gasteiger partial charge in [0.25, 0.3) is 0 Å². The van der Waals surface area contributed by atoms with Crippen LogP contribution in [0.25, 0.3) is 0 Å². The molecule has 8 bridgehead atoms. The van der Waals surface area contributed by atoms with Crippen molar-refractivity contribution < 1.29 is 14.2 Å². The number of hydrogen-bond acceptors (Lipinski definition) is 6. The fourth-order valence-corrected chi connectivity index (χ4v) is 13.2. The van der Waals surface area contributed by atoms with E-state index in [0.717, 1.165) is 86.7 Å². The fourth-order valence-electron chi connectivity index (χ4n) is 13.2. The van der Waals surface area contributed by atoms with Gasteiger partial charge in [0.1, 0.15) is 34.5 Å². The molecule has 276 valence electrons. The minimum Gasteiger partial charge on any atom is -0.456 e. The van der Waals surface area contributed by atoms with Crippen LogP contribution in [0.15, 0.2) is 60.7 Å². The first kappa shape index (κ1) is 33.3. The van der Waals surface area contributed by atoms with Crippen molar-refractivity contribution >= 4 is 17.1 Å². The van der Waals surface area contributed by atoms with Gasteiger partial charge in [-0.2, -0.15) is 0 Å². The largest absolute Gasteiger partial charge is 0.456 e. The fraction of sp³-hybridized carbons (Fsp3) is 0.489. The number of nitrogen functional groups attached to an aromatic ring is 3. The summed E-state index contributed by atoms with van der Waals surface area (Å²) in [5.41, 5.74) is 27.0. The molecule has 6 heteroatoms. The molecule has 4 aromatic rings. The Kier molecular flexibility index (Phi) is 7.59. The number of benzene rings is 4. The number of rotatable bonds is 8. The van der Waals surface area contributed by atoms with E-state index in [4.69, 9.17) is 31.4 Å². The second-order valence-corrected chi connectivity index (χ2v) is 18.7. The Morgan fingerprint density at radius 2 is 0.717 bits per heavy atom. The third kappa shape index (κ3) is 5.65. The van der Waals surface area contributed by atoms with Gasteiger partial charge in [-0.05, 0) is 168 Å². The van der Waals surface area contributed by atoms with Gasteiger partial charge >= 0.3 is 0 Å². The van der Waals surface area contributed by atoms with Crippen LogP contribution in [-0.2, 0) is 10.8 Å². The predicted octanol–water partition coefficient (Wildman–Crippen LogP) is 11.7. The van der Waals surface area contributed by atoms with Crippen LogP contribution in [0.1, 0.15) is 105 Å². The lowest BCUT2D eigenvalue weighted by Crippen LogP contribution is -2.50. The second-order valence-electron chi connectivity index (χ2n) is 18.7. The molecule has 6 N–H and O–H groups in total. The van der Waals surface area contributed by atoms with Gasteiger partial charge in [0, 0.05) is 63.3 Å². The lowest BCUT2D eigenvalue weighted by Gasteiger charge is -2.59. The second kappa shape index (κ2) is 12.1. The highest BCUT2D eigenvalue weighted by Gasteiger charge is 2.58. The van der Waals surface area contributed by atoms with Crippen LogP contribution < -0.4 is 31.4 Å². The Bertz CT molecular complexity index is 1930. The molecule has 0 spiro atoms. The van der Waals surface area contributed by atoms with Crippen molar-refractivity contribution in [3.63, 3.8) is 0 Å². The van der Waals surface area contributed by atoms with Crippen molar-refractivity contribution in [2.75, 3.05) is 17.2 Å². The number of nitrogens with two attached hydrogens (primary N) is 3. The molecule has 8 aliphatic carbocycles. The number of ether oxygens (including phenoxy) is 3. The smallest absolute Gasteiger partial charge is 0.142 e. The third-order valence-corrected chi connectivity index (χ3v) is 14.6.